The predicted octanol–water partition coefficient (Wildman–Crippen LogP) is 5.25. The average molecular weight is 440 g/mol. The van der Waals surface area contributed by atoms with Crippen LogP contribution in [-0.2, 0) is 6.42 Å². The minimum Gasteiger partial charge on any atom is -0.497 e. The van der Waals surface area contributed by atoms with E-state index in [-0.39, 0.29) is 6.03 Å². The first-order valence-corrected chi connectivity index (χ1v) is 9.76. The van der Waals surface area contributed by atoms with Crippen LogP contribution in [0.3, 0.4) is 0 Å². The molecule has 0 radical (unpaired) electrons. The number of ether oxygens (including phenoxy) is 1. The van der Waals surface area contributed by atoms with E-state index in [9.17, 15) is 4.79 Å². The van der Waals surface area contributed by atoms with E-state index in [0.29, 0.717) is 12.4 Å². The third kappa shape index (κ3) is 4.89. The highest BCUT2D eigenvalue weighted by molar-refractivity contribution is 9.10. The molecule has 5 nitrogen and oxygen atoms in total. The first-order chi connectivity index (χ1) is 13.6. The second kappa shape index (κ2) is 9.37. The van der Waals surface area contributed by atoms with Crippen LogP contribution >= 0.6 is 15.9 Å². The number of pyridine rings is 1. The van der Waals surface area contributed by atoms with Gasteiger partial charge in [0.1, 0.15) is 11.6 Å². The molecule has 2 amide bonds. The summed E-state index contributed by atoms with van der Waals surface area (Å²) < 4.78 is 6.26. The Bertz CT molecular complexity index is 927. The van der Waals surface area contributed by atoms with Crippen LogP contribution in [0.5, 0.6) is 5.75 Å². The number of hydrogen-bond acceptors (Lipinski definition) is 3. The maximum Gasteiger partial charge on any atom is 0.327 e. The van der Waals surface area contributed by atoms with E-state index in [4.69, 9.17) is 4.74 Å². The van der Waals surface area contributed by atoms with Crippen LogP contribution in [0.1, 0.15) is 11.1 Å². The summed E-state index contributed by atoms with van der Waals surface area (Å²) in [6, 6.07) is 19.0. The van der Waals surface area contributed by atoms with Crippen LogP contribution in [-0.4, -0.2) is 24.7 Å². The number of anilines is 2. The highest BCUT2D eigenvalue weighted by Crippen LogP contribution is 2.28. The van der Waals surface area contributed by atoms with Crippen molar-refractivity contribution in [2.24, 2.45) is 0 Å². The fourth-order valence-corrected chi connectivity index (χ4v) is 3.09. The first-order valence-electron chi connectivity index (χ1n) is 8.96. The number of halogens is 1. The molecule has 0 fully saturated rings. The summed E-state index contributed by atoms with van der Waals surface area (Å²) in [6.07, 6.45) is 2.44. The van der Waals surface area contributed by atoms with Crippen LogP contribution in [0.2, 0.25) is 0 Å². The standard InChI is InChI=1S/C22H22BrN3O2/c1-16-4-3-14-24-21(16)26(19-9-11-20(28-2)12-10-19)22(27)25-15-13-17-5-7-18(23)8-6-17/h3-12,14H,13,15H2,1-2H3,(H,25,27). The maximum absolute atomic E-state index is 13.0. The van der Waals surface area contributed by atoms with Gasteiger partial charge in [0.05, 0.1) is 12.8 Å². The van der Waals surface area contributed by atoms with Gasteiger partial charge < -0.3 is 10.1 Å². The van der Waals surface area contributed by atoms with Gasteiger partial charge in [-0.3, -0.25) is 0 Å². The topological polar surface area (TPSA) is 54.5 Å². The molecule has 1 aromatic heterocycles. The number of aromatic nitrogens is 1. The van der Waals surface area contributed by atoms with Gasteiger partial charge in [0.15, 0.2) is 0 Å². The molecule has 2 aromatic carbocycles. The summed E-state index contributed by atoms with van der Waals surface area (Å²) >= 11 is 3.43. The average Bonchev–Trinajstić information content (AvgIpc) is 2.72. The van der Waals surface area contributed by atoms with Crippen LogP contribution in [0.4, 0.5) is 16.3 Å². The number of carbonyl (C=O) groups excluding carboxylic acids is 1. The number of urea groups is 1. The zero-order valence-corrected chi connectivity index (χ0v) is 17.4. The molecular formula is C22H22BrN3O2. The van der Waals surface area contributed by atoms with E-state index in [1.165, 1.54) is 0 Å². The fourth-order valence-electron chi connectivity index (χ4n) is 2.82. The number of amides is 2. The SMILES string of the molecule is COc1ccc(N(C(=O)NCCc2ccc(Br)cc2)c2ncccc2C)cc1. The number of aryl methyl sites for hydroxylation is 1. The quantitative estimate of drug-likeness (QED) is 0.570. The Labute approximate surface area is 173 Å². The molecule has 0 atom stereocenters. The highest BCUT2D eigenvalue weighted by Gasteiger charge is 2.20. The third-order valence-electron chi connectivity index (χ3n) is 4.33. The second-order valence-corrected chi connectivity index (χ2v) is 7.20. The molecule has 1 heterocycles. The monoisotopic (exact) mass is 439 g/mol. The molecular weight excluding hydrogens is 418 g/mol. The van der Waals surface area contributed by atoms with E-state index in [0.717, 1.165) is 33.5 Å². The second-order valence-electron chi connectivity index (χ2n) is 6.29. The van der Waals surface area contributed by atoms with Crippen molar-refractivity contribution in [3.8, 4) is 5.75 Å². The first kappa shape index (κ1) is 19.9. The van der Waals surface area contributed by atoms with Gasteiger partial charge in [-0.25, -0.2) is 14.7 Å². The van der Waals surface area contributed by atoms with Crippen molar-refractivity contribution in [3.63, 3.8) is 0 Å². The Morgan fingerprint density at radius 3 is 2.46 bits per heavy atom. The largest absolute Gasteiger partial charge is 0.497 e. The van der Waals surface area contributed by atoms with E-state index in [1.54, 1.807) is 18.2 Å². The number of nitrogens with zero attached hydrogens (tertiary/aromatic N) is 2. The number of benzene rings is 2. The van der Waals surface area contributed by atoms with Gasteiger partial charge in [0, 0.05) is 17.2 Å². The van der Waals surface area contributed by atoms with Crippen molar-refractivity contribution in [2.75, 3.05) is 18.6 Å². The molecule has 0 aliphatic rings. The van der Waals surface area contributed by atoms with E-state index < -0.39 is 0 Å². The molecule has 0 spiro atoms. The zero-order chi connectivity index (χ0) is 19.9. The zero-order valence-electron chi connectivity index (χ0n) is 15.9. The van der Waals surface area contributed by atoms with Crippen molar-refractivity contribution in [1.29, 1.82) is 0 Å². The smallest absolute Gasteiger partial charge is 0.327 e. The molecule has 0 saturated carbocycles. The van der Waals surface area contributed by atoms with Gasteiger partial charge in [-0.1, -0.05) is 34.1 Å². The number of rotatable bonds is 6. The van der Waals surface area contributed by atoms with Gasteiger partial charge in [0.2, 0.25) is 0 Å². The lowest BCUT2D eigenvalue weighted by Crippen LogP contribution is -2.38. The molecule has 0 unspecified atom stereocenters. The van der Waals surface area contributed by atoms with Crippen molar-refractivity contribution >= 4 is 33.5 Å². The maximum atomic E-state index is 13.0. The highest BCUT2D eigenvalue weighted by atomic mass is 79.9. The lowest BCUT2D eigenvalue weighted by atomic mass is 10.1. The van der Waals surface area contributed by atoms with Gasteiger partial charge in [0.25, 0.3) is 0 Å². The summed E-state index contributed by atoms with van der Waals surface area (Å²) in [6.45, 7) is 2.47. The number of hydrogen-bond donors (Lipinski definition) is 1. The summed E-state index contributed by atoms with van der Waals surface area (Å²) in [5.41, 5.74) is 2.80. The Morgan fingerprint density at radius 2 is 1.82 bits per heavy atom. The van der Waals surface area contributed by atoms with E-state index >= 15 is 0 Å². The minimum atomic E-state index is -0.218. The molecule has 28 heavy (non-hydrogen) atoms. The summed E-state index contributed by atoms with van der Waals surface area (Å²) in [7, 11) is 1.62. The molecule has 0 aliphatic carbocycles. The normalized spacial score (nSPS) is 10.4. The predicted molar refractivity (Wildman–Crippen MR) is 115 cm³/mol. The van der Waals surface area contributed by atoms with Crippen molar-refractivity contribution in [2.45, 2.75) is 13.3 Å². The minimum absolute atomic E-state index is 0.218. The Hall–Kier alpha value is -2.86. The van der Waals surface area contributed by atoms with Crippen LogP contribution < -0.4 is 15.0 Å². The molecule has 0 saturated heterocycles. The van der Waals surface area contributed by atoms with Crippen LogP contribution in [0.25, 0.3) is 0 Å². The lowest BCUT2D eigenvalue weighted by Gasteiger charge is -2.24. The van der Waals surface area contributed by atoms with Crippen LogP contribution in [0, 0.1) is 6.92 Å². The Morgan fingerprint density at radius 1 is 1.11 bits per heavy atom. The number of nitrogens with one attached hydrogen (secondary N) is 1. The van der Waals surface area contributed by atoms with Gasteiger partial charge in [-0.15, -0.1) is 0 Å². The third-order valence-corrected chi connectivity index (χ3v) is 4.86. The molecule has 6 heteroatoms. The number of methoxy groups -OCH3 is 1. The van der Waals surface area contributed by atoms with Gasteiger partial charge in [-0.2, -0.15) is 0 Å². The Kier molecular flexibility index (Phi) is 6.66. The molecule has 0 aliphatic heterocycles. The summed E-state index contributed by atoms with van der Waals surface area (Å²) in [4.78, 5) is 19.0. The van der Waals surface area contributed by atoms with Crippen LogP contribution in [0.15, 0.2) is 71.3 Å². The molecule has 144 valence electrons. The lowest BCUT2D eigenvalue weighted by molar-refractivity contribution is 0.248. The Balaban J connectivity index is 1.78. The van der Waals surface area contributed by atoms with Crippen molar-refractivity contribution in [1.82, 2.24) is 10.3 Å². The molecule has 3 rings (SSSR count). The van der Waals surface area contributed by atoms with Gasteiger partial charge >= 0.3 is 6.03 Å². The molecule has 1 N–H and O–H groups in total. The van der Waals surface area contributed by atoms with Crippen molar-refractivity contribution in [3.05, 3.63) is 82.5 Å². The van der Waals surface area contributed by atoms with E-state index in [2.05, 4.69) is 26.2 Å². The van der Waals surface area contributed by atoms with Crippen molar-refractivity contribution < 1.29 is 9.53 Å². The molecule has 3 aromatic rings. The number of carbonyl (C=O) groups is 1. The summed E-state index contributed by atoms with van der Waals surface area (Å²) in [5.74, 6) is 1.34. The summed E-state index contributed by atoms with van der Waals surface area (Å²) in [5, 5.41) is 3.00. The van der Waals surface area contributed by atoms with E-state index in [1.807, 2.05) is 67.6 Å². The molecule has 0 bridgehead atoms. The van der Waals surface area contributed by atoms with Gasteiger partial charge in [-0.05, 0) is 66.9 Å². The fraction of sp³-hybridized carbons (Fsp3) is 0.182.